The minimum atomic E-state index is -1.80. The normalized spacial score (nSPS) is 24.8. The number of aliphatic hydroxyl groups excluding tert-OH is 8. The second-order valence-electron chi connectivity index (χ2n) is 22.1. The number of rotatable bonds is 50. The first-order chi connectivity index (χ1) is 39.1. The summed E-state index contributed by atoms with van der Waals surface area (Å²) in [6.45, 7) is 2.66. The maximum atomic E-state index is 13.3. The summed E-state index contributed by atoms with van der Waals surface area (Å²) in [6.07, 6.45) is 51.9. The number of carbonyl (C=O) groups is 1. The van der Waals surface area contributed by atoms with Gasteiger partial charge in [0.05, 0.1) is 32.0 Å². The van der Waals surface area contributed by atoms with Crippen LogP contribution in [0, 0.1) is 0 Å². The summed E-state index contributed by atoms with van der Waals surface area (Å²) in [6, 6.07) is -0.943. The lowest BCUT2D eigenvalue weighted by atomic mass is 9.97. The molecule has 0 saturated carbocycles. The van der Waals surface area contributed by atoms with Gasteiger partial charge in [0.1, 0.15) is 48.8 Å². The number of hydrogen-bond donors (Lipinski definition) is 9. The Kier molecular flexibility index (Phi) is 46.4. The molecule has 1 amide bonds. The first-order valence-corrected chi connectivity index (χ1v) is 31.8. The van der Waals surface area contributed by atoms with E-state index in [2.05, 4.69) is 92.1 Å². The molecule has 12 unspecified atom stereocenters. The van der Waals surface area contributed by atoms with Crippen LogP contribution in [-0.4, -0.2) is 140 Å². The molecule has 0 aromatic heterocycles. The number of allylic oxidation sites excluding steroid dienone is 13. The predicted molar refractivity (Wildman–Crippen MR) is 323 cm³/mol. The van der Waals surface area contributed by atoms with Crippen molar-refractivity contribution in [2.75, 3.05) is 19.8 Å². The van der Waals surface area contributed by atoms with Gasteiger partial charge in [-0.3, -0.25) is 4.79 Å². The highest BCUT2D eigenvalue weighted by Crippen LogP contribution is 2.30. The fourth-order valence-corrected chi connectivity index (χ4v) is 9.96. The smallest absolute Gasteiger partial charge is 0.220 e. The third kappa shape index (κ3) is 35.3. The molecule has 2 aliphatic rings. The number of nitrogens with one attached hydrogen (secondary N) is 1. The Hall–Kier alpha value is -2.83. The molecular formula is C66H115NO13. The maximum Gasteiger partial charge on any atom is 0.220 e. The minimum Gasteiger partial charge on any atom is -0.394 e. The summed E-state index contributed by atoms with van der Waals surface area (Å²) in [4.78, 5) is 13.3. The molecule has 12 atom stereocenters. The summed E-state index contributed by atoms with van der Waals surface area (Å²) in [5.74, 6) is -0.256. The maximum absolute atomic E-state index is 13.3. The van der Waals surface area contributed by atoms with E-state index < -0.39 is 86.8 Å². The second-order valence-corrected chi connectivity index (χ2v) is 22.1. The zero-order valence-corrected chi connectivity index (χ0v) is 49.8. The Morgan fingerprint density at radius 3 is 1.38 bits per heavy atom. The fourth-order valence-electron chi connectivity index (χ4n) is 9.96. The summed E-state index contributed by atoms with van der Waals surface area (Å²) in [5.41, 5.74) is 0. The van der Waals surface area contributed by atoms with Crippen molar-refractivity contribution in [3.63, 3.8) is 0 Å². The molecule has 14 heteroatoms. The molecule has 2 heterocycles. The van der Waals surface area contributed by atoms with Crippen molar-refractivity contribution in [2.24, 2.45) is 0 Å². The molecule has 0 radical (unpaired) electrons. The van der Waals surface area contributed by atoms with Crippen LogP contribution in [0.2, 0.25) is 0 Å². The van der Waals surface area contributed by atoms with Crippen molar-refractivity contribution in [3.8, 4) is 0 Å². The molecule has 2 fully saturated rings. The minimum absolute atomic E-state index is 0.256. The molecule has 0 aliphatic carbocycles. The third-order valence-electron chi connectivity index (χ3n) is 15.0. The SMILES string of the molecule is CC/C=C\C/C=C\C/C=C\C/C=C\CCCCCCCCCCCCCCCCC(=O)NC(COC1OC(CO)C(OC2OC(CO)C(O)C(O)C2O)C(O)C1O)C(O)/C=C/CC/C=C/CC/C=C/CCCCCCCCCCC. The van der Waals surface area contributed by atoms with E-state index in [-0.39, 0.29) is 18.9 Å². The van der Waals surface area contributed by atoms with Gasteiger partial charge in [-0.15, -0.1) is 0 Å². The van der Waals surface area contributed by atoms with Gasteiger partial charge in [-0.1, -0.05) is 227 Å². The number of aliphatic hydroxyl groups is 8. The van der Waals surface area contributed by atoms with E-state index in [1.54, 1.807) is 6.08 Å². The Morgan fingerprint density at radius 1 is 0.463 bits per heavy atom. The van der Waals surface area contributed by atoms with Crippen LogP contribution in [0.5, 0.6) is 0 Å². The largest absolute Gasteiger partial charge is 0.394 e. The van der Waals surface area contributed by atoms with E-state index in [1.807, 2.05) is 6.08 Å². The van der Waals surface area contributed by atoms with Gasteiger partial charge >= 0.3 is 0 Å². The highest BCUT2D eigenvalue weighted by molar-refractivity contribution is 5.76. The van der Waals surface area contributed by atoms with Crippen LogP contribution in [0.15, 0.2) is 85.1 Å². The van der Waals surface area contributed by atoms with Gasteiger partial charge in [-0.2, -0.15) is 0 Å². The van der Waals surface area contributed by atoms with Gasteiger partial charge < -0.3 is 65.1 Å². The molecule has 0 spiro atoms. The lowest BCUT2D eigenvalue weighted by Crippen LogP contribution is -2.65. The number of unbranched alkanes of at least 4 members (excludes halogenated alkanes) is 25. The van der Waals surface area contributed by atoms with Crippen LogP contribution in [0.3, 0.4) is 0 Å². The van der Waals surface area contributed by atoms with Gasteiger partial charge in [0.25, 0.3) is 0 Å². The molecular weight excluding hydrogens is 1010 g/mol. The summed E-state index contributed by atoms with van der Waals surface area (Å²) in [5, 5.41) is 87.2. The number of hydrogen-bond acceptors (Lipinski definition) is 13. The summed E-state index contributed by atoms with van der Waals surface area (Å²) >= 11 is 0. The van der Waals surface area contributed by atoms with Gasteiger partial charge in [0.2, 0.25) is 5.91 Å². The summed E-state index contributed by atoms with van der Waals surface area (Å²) < 4.78 is 22.8. The lowest BCUT2D eigenvalue weighted by Gasteiger charge is -2.46. The van der Waals surface area contributed by atoms with E-state index in [0.717, 1.165) is 70.6 Å². The monoisotopic (exact) mass is 1130 g/mol. The van der Waals surface area contributed by atoms with Gasteiger partial charge in [0, 0.05) is 6.42 Å². The highest BCUT2D eigenvalue weighted by Gasteiger charge is 2.51. The summed E-state index contributed by atoms with van der Waals surface area (Å²) in [7, 11) is 0. The van der Waals surface area contributed by atoms with E-state index >= 15 is 0 Å². The van der Waals surface area contributed by atoms with Crippen LogP contribution in [0.1, 0.15) is 232 Å². The Balaban J connectivity index is 1.74. The Bertz CT molecular complexity index is 1660. The Labute approximate surface area is 484 Å². The molecule has 0 aromatic carbocycles. The highest BCUT2D eigenvalue weighted by atomic mass is 16.7. The zero-order chi connectivity index (χ0) is 58.1. The van der Waals surface area contributed by atoms with Crippen LogP contribution < -0.4 is 5.32 Å². The van der Waals surface area contributed by atoms with Gasteiger partial charge in [-0.25, -0.2) is 0 Å². The van der Waals surface area contributed by atoms with Crippen LogP contribution >= 0.6 is 0 Å². The molecule has 9 N–H and O–H groups in total. The molecule has 80 heavy (non-hydrogen) atoms. The van der Waals surface area contributed by atoms with Crippen LogP contribution in [0.4, 0.5) is 0 Å². The molecule has 2 saturated heterocycles. The van der Waals surface area contributed by atoms with Crippen LogP contribution in [0.25, 0.3) is 0 Å². The van der Waals surface area contributed by atoms with Crippen molar-refractivity contribution >= 4 is 5.91 Å². The second kappa shape index (κ2) is 50.7. The topological polar surface area (TPSA) is 228 Å². The number of ether oxygens (including phenoxy) is 4. The van der Waals surface area contributed by atoms with E-state index in [4.69, 9.17) is 18.9 Å². The molecule has 2 aliphatic heterocycles. The van der Waals surface area contributed by atoms with Crippen molar-refractivity contribution in [2.45, 2.75) is 306 Å². The fraction of sp³-hybridized carbons (Fsp3) is 0.773. The Morgan fingerprint density at radius 2 is 0.875 bits per heavy atom. The molecule has 14 nitrogen and oxygen atoms in total. The molecule has 462 valence electrons. The third-order valence-corrected chi connectivity index (χ3v) is 15.0. The van der Waals surface area contributed by atoms with Crippen molar-refractivity contribution < 1.29 is 64.6 Å². The van der Waals surface area contributed by atoms with E-state index in [9.17, 15) is 45.6 Å². The molecule has 0 bridgehead atoms. The van der Waals surface area contributed by atoms with E-state index in [0.29, 0.717) is 12.8 Å². The first kappa shape index (κ1) is 73.3. The predicted octanol–water partition coefficient (Wildman–Crippen LogP) is 11.7. The standard InChI is InChI=1S/C66H115NO13/c1-3-5-7-9-11-13-15-17-19-21-23-24-25-26-27-28-29-30-32-34-36-38-40-42-44-46-48-50-58(71)67-54(55(70)49-47-45-43-41-39-37-35-33-31-22-20-18-16-14-12-10-8-6-4-2)53-77-65-63(76)61(74)64(57(52-69)79-65)80-66-62(75)60(73)59(72)56(51-68)78-66/h5,7,11,13,17,19,23-24,31,33,39,41,47,49,54-57,59-66,68-70,72-76H,3-4,6,8-10,12,14-16,18,20-22,25-30,32,34-38,40,42-46,48,50-53H2,1-2H3,(H,67,71)/b7-5-,13-11-,19-17-,24-23-,33-31+,41-39+,49-47+. The van der Waals surface area contributed by atoms with Gasteiger partial charge in [0.15, 0.2) is 12.6 Å². The molecule has 0 aromatic rings. The van der Waals surface area contributed by atoms with Crippen molar-refractivity contribution in [1.82, 2.24) is 5.32 Å². The molecule has 2 rings (SSSR count). The van der Waals surface area contributed by atoms with Gasteiger partial charge in [-0.05, 0) is 83.5 Å². The average Bonchev–Trinajstić information content (AvgIpc) is 3.49. The number of carbonyl (C=O) groups excluding carboxylic acids is 1. The number of amides is 1. The quantitative estimate of drug-likeness (QED) is 0.0204. The van der Waals surface area contributed by atoms with Crippen molar-refractivity contribution in [1.29, 1.82) is 0 Å². The lowest BCUT2D eigenvalue weighted by molar-refractivity contribution is -0.359. The van der Waals surface area contributed by atoms with E-state index in [1.165, 1.54) is 128 Å². The average molecular weight is 1130 g/mol. The zero-order valence-electron chi connectivity index (χ0n) is 49.8. The van der Waals surface area contributed by atoms with Crippen molar-refractivity contribution in [3.05, 3.63) is 85.1 Å². The van der Waals surface area contributed by atoms with Crippen LogP contribution in [-0.2, 0) is 23.7 Å². The first-order valence-electron chi connectivity index (χ1n) is 31.8.